The Labute approximate surface area is 257 Å². The van der Waals surface area contributed by atoms with E-state index in [9.17, 15) is 0 Å². The minimum absolute atomic E-state index is 0.788. The van der Waals surface area contributed by atoms with E-state index >= 15 is 0 Å². The third kappa shape index (κ3) is 3.51. The van der Waals surface area contributed by atoms with Crippen LogP contribution < -0.4 is 9.47 Å². The van der Waals surface area contributed by atoms with Crippen molar-refractivity contribution in [3.8, 4) is 11.5 Å². The summed E-state index contributed by atoms with van der Waals surface area (Å²) in [6.45, 7) is 2.12. The largest absolute Gasteiger partial charge is 0.497 e. The first kappa shape index (κ1) is 24.9. The molecule has 1 aliphatic heterocycles. The summed E-state index contributed by atoms with van der Waals surface area (Å²) in [5.74, 6) is 1.78. The molecule has 8 aromatic rings. The van der Waals surface area contributed by atoms with Gasteiger partial charge in [0.2, 0.25) is 0 Å². The van der Waals surface area contributed by atoms with Crippen molar-refractivity contribution in [2.75, 3.05) is 7.11 Å². The van der Waals surface area contributed by atoms with E-state index in [1.165, 1.54) is 56.7 Å². The van der Waals surface area contributed by atoms with Gasteiger partial charge < -0.3 is 9.47 Å². The molecule has 0 aliphatic carbocycles. The molecule has 0 amide bonds. The average Bonchev–Trinajstić information content (AvgIpc) is 3.61. The minimum Gasteiger partial charge on any atom is -0.497 e. The summed E-state index contributed by atoms with van der Waals surface area (Å²) in [5.41, 5.74) is 3.74. The van der Waals surface area contributed by atoms with Gasteiger partial charge in [-0.3, -0.25) is 0 Å². The Hall–Kier alpha value is -4.64. The van der Waals surface area contributed by atoms with Gasteiger partial charge in [0.05, 0.1) is 21.2 Å². The maximum Gasteiger partial charge on any atom is 0.178 e. The number of benzene rings is 6. The Morgan fingerprint density at radius 3 is 2.14 bits per heavy atom. The first-order valence-electron chi connectivity index (χ1n) is 14.5. The standard InChI is InChI=1S/C39H26O2S2/c1-23-11-14-25(15-12-23)39(26-16-18-27(40-2)19-17-26)22-21-30-29-20-13-24-7-3-4-8-28(24)33(29)34-37(35(30)41-39)43-36-31-9-5-6-10-32(31)42-38(34)36/h3-22H,1-2H3. The van der Waals surface area contributed by atoms with E-state index in [4.69, 9.17) is 9.47 Å². The van der Waals surface area contributed by atoms with Crippen molar-refractivity contribution in [1.82, 2.24) is 0 Å². The quantitative estimate of drug-likeness (QED) is 0.191. The number of fused-ring (bicyclic) bond motifs is 12. The first-order valence-corrected chi connectivity index (χ1v) is 16.1. The zero-order valence-electron chi connectivity index (χ0n) is 23.7. The first-order chi connectivity index (χ1) is 21.1. The Bertz CT molecular complexity index is 2410. The molecule has 0 bridgehead atoms. The lowest BCUT2D eigenvalue weighted by Crippen LogP contribution is -2.34. The summed E-state index contributed by atoms with van der Waals surface area (Å²) in [5, 5.41) is 7.69. The fourth-order valence-corrected chi connectivity index (χ4v) is 9.49. The van der Waals surface area contributed by atoms with Crippen LogP contribution in [0.5, 0.6) is 11.5 Å². The molecule has 0 N–H and O–H groups in total. The third-order valence-corrected chi connectivity index (χ3v) is 11.4. The van der Waals surface area contributed by atoms with E-state index in [0.29, 0.717) is 0 Å². The molecule has 9 rings (SSSR count). The molecule has 0 spiro atoms. The Balaban J connectivity index is 1.42. The van der Waals surface area contributed by atoms with E-state index in [2.05, 4.69) is 116 Å². The van der Waals surface area contributed by atoms with Crippen LogP contribution in [0.1, 0.15) is 22.3 Å². The second-order valence-corrected chi connectivity index (χ2v) is 13.4. The molecule has 2 nitrogen and oxygen atoms in total. The van der Waals surface area contributed by atoms with E-state index in [-0.39, 0.29) is 0 Å². The Morgan fingerprint density at radius 1 is 0.628 bits per heavy atom. The normalized spacial score (nSPS) is 16.3. The third-order valence-electron chi connectivity index (χ3n) is 8.88. The molecule has 206 valence electrons. The molecule has 4 heteroatoms. The molecule has 0 saturated carbocycles. The molecule has 1 unspecified atom stereocenters. The molecule has 0 saturated heterocycles. The van der Waals surface area contributed by atoms with Crippen LogP contribution in [0.4, 0.5) is 0 Å². The summed E-state index contributed by atoms with van der Waals surface area (Å²) in [4.78, 5) is 0. The number of rotatable bonds is 3. The highest BCUT2D eigenvalue weighted by atomic mass is 32.1. The van der Waals surface area contributed by atoms with Crippen molar-refractivity contribution < 1.29 is 9.47 Å². The zero-order chi connectivity index (χ0) is 28.7. The molecule has 1 atom stereocenters. The van der Waals surface area contributed by atoms with Crippen LogP contribution in [0.25, 0.3) is 57.2 Å². The predicted molar refractivity (Wildman–Crippen MR) is 184 cm³/mol. The topological polar surface area (TPSA) is 18.5 Å². The highest BCUT2D eigenvalue weighted by Crippen LogP contribution is 2.55. The second kappa shape index (κ2) is 9.18. The molecule has 1 aliphatic rings. The molecule has 0 fully saturated rings. The van der Waals surface area contributed by atoms with Gasteiger partial charge in [-0.15, -0.1) is 22.7 Å². The van der Waals surface area contributed by atoms with Crippen molar-refractivity contribution in [3.05, 3.63) is 138 Å². The van der Waals surface area contributed by atoms with E-state index in [1.807, 2.05) is 34.8 Å². The van der Waals surface area contributed by atoms with Crippen LogP contribution in [0.15, 0.2) is 115 Å². The number of thiophene rings is 2. The number of aryl methyl sites for hydroxylation is 1. The lowest BCUT2D eigenvalue weighted by atomic mass is 9.82. The van der Waals surface area contributed by atoms with Crippen molar-refractivity contribution in [3.63, 3.8) is 0 Å². The van der Waals surface area contributed by atoms with Crippen LogP contribution >= 0.6 is 22.7 Å². The van der Waals surface area contributed by atoms with Gasteiger partial charge in [-0.05, 0) is 53.4 Å². The molecular weight excluding hydrogens is 565 g/mol. The van der Waals surface area contributed by atoms with Crippen molar-refractivity contribution in [2.24, 2.45) is 0 Å². The maximum atomic E-state index is 7.44. The maximum absolute atomic E-state index is 7.44. The van der Waals surface area contributed by atoms with Crippen molar-refractivity contribution in [1.29, 1.82) is 0 Å². The number of hydrogen-bond acceptors (Lipinski definition) is 4. The Morgan fingerprint density at radius 2 is 1.35 bits per heavy atom. The predicted octanol–water partition coefficient (Wildman–Crippen LogP) is 11.2. The van der Waals surface area contributed by atoms with Crippen LogP contribution in [-0.2, 0) is 5.60 Å². The zero-order valence-corrected chi connectivity index (χ0v) is 25.3. The smallest absolute Gasteiger partial charge is 0.178 e. The van der Waals surface area contributed by atoms with Crippen LogP contribution in [0, 0.1) is 6.92 Å². The summed E-state index contributed by atoms with van der Waals surface area (Å²) in [6, 6.07) is 39.1. The van der Waals surface area contributed by atoms with E-state index in [0.717, 1.165) is 28.2 Å². The van der Waals surface area contributed by atoms with E-state index in [1.54, 1.807) is 7.11 Å². The minimum atomic E-state index is -0.788. The van der Waals surface area contributed by atoms with Crippen molar-refractivity contribution >= 4 is 79.9 Å². The number of methoxy groups -OCH3 is 1. The molecule has 43 heavy (non-hydrogen) atoms. The van der Waals surface area contributed by atoms with Gasteiger partial charge in [0, 0.05) is 37.5 Å². The molecule has 2 aromatic heterocycles. The highest BCUT2D eigenvalue weighted by Gasteiger charge is 2.39. The van der Waals surface area contributed by atoms with Gasteiger partial charge in [0.15, 0.2) is 5.60 Å². The summed E-state index contributed by atoms with van der Waals surface area (Å²) >= 11 is 3.76. The van der Waals surface area contributed by atoms with Crippen molar-refractivity contribution in [2.45, 2.75) is 12.5 Å². The van der Waals surface area contributed by atoms with Gasteiger partial charge in [-0.25, -0.2) is 0 Å². The number of ether oxygens (including phenoxy) is 2. The lowest BCUT2D eigenvalue weighted by Gasteiger charge is -2.37. The summed E-state index contributed by atoms with van der Waals surface area (Å²) in [7, 11) is 1.70. The lowest BCUT2D eigenvalue weighted by molar-refractivity contribution is 0.164. The SMILES string of the molecule is COc1ccc(C2(c3ccc(C)cc3)C=Cc3c(c4sc5c6ccccc6sc5c4c4c3ccc3ccccc34)O2)cc1. The van der Waals surface area contributed by atoms with Gasteiger partial charge in [-0.1, -0.05) is 96.6 Å². The fraction of sp³-hybridized carbons (Fsp3) is 0.0769. The van der Waals surface area contributed by atoms with Gasteiger partial charge in [0.25, 0.3) is 0 Å². The van der Waals surface area contributed by atoms with Gasteiger partial charge >= 0.3 is 0 Å². The molecular formula is C39H26O2S2. The molecule has 0 radical (unpaired) electrons. The van der Waals surface area contributed by atoms with Crippen LogP contribution in [0.3, 0.4) is 0 Å². The van der Waals surface area contributed by atoms with Gasteiger partial charge in [0.1, 0.15) is 11.5 Å². The highest BCUT2D eigenvalue weighted by molar-refractivity contribution is 7.37. The molecule has 6 aromatic carbocycles. The fourth-order valence-electron chi connectivity index (χ4n) is 6.72. The summed E-state index contributed by atoms with van der Waals surface area (Å²) < 4.78 is 18.2. The number of hydrogen-bond donors (Lipinski definition) is 0. The Kier molecular flexibility index (Phi) is 5.32. The van der Waals surface area contributed by atoms with Gasteiger partial charge in [-0.2, -0.15) is 0 Å². The molecule has 3 heterocycles. The monoisotopic (exact) mass is 590 g/mol. The second-order valence-electron chi connectivity index (χ2n) is 11.3. The van der Waals surface area contributed by atoms with E-state index < -0.39 is 5.60 Å². The summed E-state index contributed by atoms with van der Waals surface area (Å²) in [6.07, 6.45) is 4.54. The van der Waals surface area contributed by atoms with Crippen LogP contribution in [-0.4, -0.2) is 7.11 Å². The van der Waals surface area contributed by atoms with Crippen LogP contribution in [0.2, 0.25) is 0 Å². The average molecular weight is 591 g/mol.